The van der Waals surface area contributed by atoms with Crippen LogP contribution in [0.15, 0.2) is 21.9 Å². The zero-order valence-electron chi connectivity index (χ0n) is 11.3. The van der Waals surface area contributed by atoms with Crippen molar-refractivity contribution in [2.45, 2.75) is 38.8 Å². The molecule has 20 heavy (non-hydrogen) atoms. The summed E-state index contributed by atoms with van der Waals surface area (Å²) < 4.78 is 5.57. The summed E-state index contributed by atoms with van der Waals surface area (Å²) in [5.41, 5.74) is 6.35. The number of nitrogens with two attached hydrogens (primary N) is 1. The second-order valence-corrected chi connectivity index (χ2v) is 6.01. The topological polar surface area (TPSA) is 72.4 Å². The van der Waals surface area contributed by atoms with Crippen LogP contribution in [0.25, 0.3) is 0 Å². The van der Waals surface area contributed by atoms with Gasteiger partial charge in [0.1, 0.15) is 11.5 Å². The molecule has 2 N–H and O–H groups in total. The normalized spacial score (nSPS) is 14.4. The molecule has 0 unspecified atom stereocenters. The Morgan fingerprint density at radius 2 is 2.35 bits per heavy atom. The van der Waals surface area contributed by atoms with Crippen LogP contribution in [-0.4, -0.2) is 21.8 Å². The number of rotatable bonds is 5. The van der Waals surface area contributed by atoms with Crippen molar-refractivity contribution in [3.05, 3.63) is 34.7 Å². The Morgan fingerprint density at radius 3 is 2.90 bits per heavy atom. The van der Waals surface area contributed by atoms with E-state index in [2.05, 4.69) is 4.98 Å². The lowest BCUT2D eigenvalue weighted by molar-refractivity contribution is -0.132. The van der Waals surface area contributed by atoms with Crippen molar-refractivity contribution in [3.63, 3.8) is 0 Å². The zero-order valence-corrected chi connectivity index (χ0v) is 12.2. The number of amides is 1. The van der Waals surface area contributed by atoms with E-state index < -0.39 is 0 Å². The van der Waals surface area contributed by atoms with Crippen LogP contribution in [0.1, 0.15) is 30.1 Å². The van der Waals surface area contributed by atoms with Gasteiger partial charge in [-0.05, 0) is 31.9 Å². The van der Waals surface area contributed by atoms with Gasteiger partial charge in [0.25, 0.3) is 0 Å². The molecular formula is C14H17N3O2S. The number of carbonyl (C=O) groups is 1. The second-order valence-electron chi connectivity index (χ2n) is 5.12. The van der Waals surface area contributed by atoms with E-state index >= 15 is 0 Å². The highest BCUT2D eigenvalue weighted by atomic mass is 32.1. The third-order valence-corrected chi connectivity index (χ3v) is 4.05. The van der Waals surface area contributed by atoms with Gasteiger partial charge in [-0.2, -0.15) is 0 Å². The van der Waals surface area contributed by atoms with E-state index in [1.807, 2.05) is 29.3 Å². The number of hydrogen-bond donors (Lipinski definition) is 1. The Bertz CT molecular complexity index is 615. The van der Waals surface area contributed by atoms with Crippen LogP contribution >= 0.6 is 11.3 Å². The van der Waals surface area contributed by atoms with E-state index in [1.165, 1.54) is 11.3 Å². The van der Waals surface area contributed by atoms with Crippen molar-refractivity contribution >= 4 is 22.4 Å². The lowest BCUT2D eigenvalue weighted by Gasteiger charge is -2.20. The van der Waals surface area contributed by atoms with Crippen LogP contribution in [0.3, 0.4) is 0 Å². The van der Waals surface area contributed by atoms with Gasteiger partial charge in [-0.15, -0.1) is 11.3 Å². The predicted octanol–water partition coefficient (Wildman–Crippen LogP) is 2.36. The molecule has 1 aliphatic carbocycles. The SMILES string of the molecule is Cc1ccc(CN(C(=O)Cc2csc(N)n2)C2CC2)o1. The van der Waals surface area contributed by atoms with Crippen molar-refractivity contribution in [1.82, 2.24) is 9.88 Å². The summed E-state index contributed by atoms with van der Waals surface area (Å²) in [5, 5.41) is 2.35. The number of nitrogens with zero attached hydrogens (tertiary/aromatic N) is 2. The maximum atomic E-state index is 12.4. The minimum absolute atomic E-state index is 0.0897. The van der Waals surface area contributed by atoms with E-state index in [0.717, 1.165) is 30.1 Å². The van der Waals surface area contributed by atoms with Crippen molar-refractivity contribution in [2.75, 3.05) is 5.73 Å². The summed E-state index contributed by atoms with van der Waals surface area (Å²) in [6, 6.07) is 4.20. The molecular weight excluding hydrogens is 274 g/mol. The third kappa shape index (κ3) is 3.01. The smallest absolute Gasteiger partial charge is 0.229 e. The molecule has 0 saturated heterocycles. The number of furan rings is 1. The van der Waals surface area contributed by atoms with Gasteiger partial charge in [-0.25, -0.2) is 4.98 Å². The molecule has 5 nitrogen and oxygen atoms in total. The van der Waals surface area contributed by atoms with Gasteiger partial charge in [-0.1, -0.05) is 0 Å². The third-order valence-electron chi connectivity index (χ3n) is 3.33. The summed E-state index contributed by atoms with van der Waals surface area (Å²) in [4.78, 5) is 18.5. The van der Waals surface area contributed by atoms with Gasteiger partial charge in [0.15, 0.2) is 5.13 Å². The van der Waals surface area contributed by atoms with Crippen LogP contribution in [-0.2, 0) is 17.8 Å². The first-order valence-corrected chi connectivity index (χ1v) is 7.54. The summed E-state index contributed by atoms with van der Waals surface area (Å²) in [7, 11) is 0. The van der Waals surface area contributed by atoms with Gasteiger partial charge in [-0.3, -0.25) is 4.79 Å². The minimum atomic E-state index is 0.0897. The molecule has 2 aromatic rings. The number of aromatic nitrogens is 1. The fraction of sp³-hybridized carbons (Fsp3) is 0.429. The van der Waals surface area contributed by atoms with Gasteiger partial charge in [0, 0.05) is 11.4 Å². The summed E-state index contributed by atoms with van der Waals surface area (Å²) in [6.07, 6.45) is 2.46. The Balaban J connectivity index is 1.68. The predicted molar refractivity (Wildman–Crippen MR) is 77.2 cm³/mol. The molecule has 2 heterocycles. The monoisotopic (exact) mass is 291 g/mol. The molecule has 0 aromatic carbocycles. The van der Waals surface area contributed by atoms with E-state index in [-0.39, 0.29) is 5.91 Å². The van der Waals surface area contributed by atoms with E-state index in [1.54, 1.807) is 0 Å². The van der Waals surface area contributed by atoms with Crippen LogP contribution in [0, 0.1) is 6.92 Å². The van der Waals surface area contributed by atoms with Crippen molar-refractivity contribution in [3.8, 4) is 0 Å². The van der Waals surface area contributed by atoms with E-state index in [4.69, 9.17) is 10.2 Å². The maximum Gasteiger partial charge on any atom is 0.229 e. The molecule has 1 saturated carbocycles. The first kappa shape index (κ1) is 13.2. The number of aryl methyl sites for hydroxylation is 1. The highest BCUT2D eigenvalue weighted by molar-refractivity contribution is 7.13. The maximum absolute atomic E-state index is 12.4. The van der Waals surface area contributed by atoms with Crippen molar-refractivity contribution in [2.24, 2.45) is 0 Å². The molecule has 0 spiro atoms. The zero-order chi connectivity index (χ0) is 14.1. The molecule has 6 heteroatoms. The number of anilines is 1. The molecule has 0 atom stereocenters. The molecule has 3 rings (SSSR count). The van der Waals surface area contributed by atoms with Crippen LogP contribution in [0.4, 0.5) is 5.13 Å². The lowest BCUT2D eigenvalue weighted by Crippen LogP contribution is -2.33. The Labute approximate surface area is 121 Å². The fourth-order valence-electron chi connectivity index (χ4n) is 2.21. The number of thiazole rings is 1. The van der Waals surface area contributed by atoms with E-state index in [0.29, 0.717) is 24.1 Å². The molecule has 0 bridgehead atoms. The Hall–Kier alpha value is -1.82. The van der Waals surface area contributed by atoms with Gasteiger partial charge < -0.3 is 15.1 Å². The van der Waals surface area contributed by atoms with Gasteiger partial charge in [0.05, 0.1) is 18.7 Å². The lowest BCUT2D eigenvalue weighted by atomic mass is 10.2. The van der Waals surface area contributed by atoms with E-state index in [9.17, 15) is 4.79 Å². The molecule has 1 fully saturated rings. The summed E-state index contributed by atoms with van der Waals surface area (Å²) in [6.45, 7) is 2.45. The fourth-order valence-corrected chi connectivity index (χ4v) is 2.77. The average Bonchev–Trinajstić information content (AvgIpc) is 3.04. The highest BCUT2D eigenvalue weighted by Gasteiger charge is 2.33. The van der Waals surface area contributed by atoms with Crippen LogP contribution in [0.5, 0.6) is 0 Å². The Kier molecular flexibility index (Phi) is 3.48. The quantitative estimate of drug-likeness (QED) is 0.918. The van der Waals surface area contributed by atoms with Crippen LogP contribution in [0.2, 0.25) is 0 Å². The first-order chi connectivity index (χ1) is 9.61. The Morgan fingerprint density at radius 1 is 1.55 bits per heavy atom. The molecule has 0 radical (unpaired) electrons. The standard InChI is InChI=1S/C14H17N3O2S/c1-9-2-5-12(19-9)7-17(11-3-4-11)13(18)6-10-8-20-14(15)16-10/h2,5,8,11H,3-4,6-7H2,1H3,(H2,15,16). The molecule has 0 aliphatic heterocycles. The summed E-state index contributed by atoms with van der Waals surface area (Å²) in [5.74, 6) is 1.79. The molecule has 2 aromatic heterocycles. The summed E-state index contributed by atoms with van der Waals surface area (Å²) >= 11 is 1.37. The van der Waals surface area contributed by atoms with Crippen molar-refractivity contribution < 1.29 is 9.21 Å². The number of nitrogen functional groups attached to an aromatic ring is 1. The van der Waals surface area contributed by atoms with Gasteiger partial charge >= 0.3 is 0 Å². The number of carbonyl (C=O) groups excluding carboxylic acids is 1. The largest absolute Gasteiger partial charge is 0.464 e. The van der Waals surface area contributed by atoms with Crippen molar-refractivity contribution in [1.29, 1.82) is 0 Å². The molecule has 1 aliphatic rings. The van der Waals surface area contributed by atoms with Gasteiger partial charge in [0.2, 0.25) is 5.91 Å². The molecule has 106 valence electrons. The number of hydrogen-bond acceptors (Lipinski definition) is 5. The minimum Gasteiger partial charge on any atom is -0.464 e. The average molecular weight is 291 g/mol. The molecule has 1 amide bonds. The second kappa shape index (κ2) is 5.28. The first-order valence-electron chi connectivity index (χ1n) is 6.66. The highest BCUT2D eigenvalue weighted by Crippen LogP contribution is 2.29. The van der Waals surface area contributed by atoms with Crippen LogP contribution < -0.4 is 5.73 Å².